The third-order valence-electron chi connectivity index (χ3n) is 2.68. The Kier molecular flexibility index (Phi) is 5.19. The minimum Gasteiger partial charge on any atom is -0.481 e. The molecule has 3 N–H and O–H groups in total. The number of rotatable bonds is 5. The molecule has 0 aliphatic rings. The molecule has 0 spiro atoms. The molecule has 0 aliphatic carbocycles. The van der Waals surface area contributed by atoms with E-state index in [0.717, 1.165) is 12.1 Å². The number of nitrogens with one attached hydrogen (secondary N) is 1. The molecule has 0 bridgehead atoms. The van der Waals surface area contributed by atoms with Crippen molar-refractivity contribution in [3.05, 3.63) is 35.4 Å². The number of hydrogen-bond acceptors (Lipinski definition) is 3. The van der Waals surface area contributed by atoms with Gasteiger partial charge in [-0.05, 0) is 38.5 Å². The molecule has 112 valence electrons. The molecule has 1 aromatic rings. The lowest BCUT2D eigenvalue weighted by Gasteiger charge is -2.31. The highest BCUT2D eigenvalue weighted by atomic mass is 19.2. The van der Waals surface area contributed by atoms with Crippen LogP contribution in [0.3, 0.4) is 0 Å². The molecule has 0 saturated carbocycles. The molecule has 0 radical (unpaired) electrons. The molecule has 1 rings (SSSR count). The van der Waals surface area contributed by atoms with Crippen LogP contribution in [0.4, 0.5) is 8.78 Å². The predicted octanol–water partition coefficient (Wildman–Crippen LogP) is 2.23. The number of carbonyl (C=O) groups is 1. The summed E-state index contributed by atoms with van der Waals surface area (Å²) in [6.45, 7) is 5.46. The van der Waals surface area contributed by atoms with Gasteiger partial charge in [0.1, 0.15) is 0 Å². The molecule has 20 heavy (non-hydrogen) atoms. The fourth-order valence-electron chi connectivity index (χ4n) is 1.91. The van der Waals surface area contributed by atoms with Gasteiger partial charge in [0.25, 0.3) is 0 Å². The van der Waals surface area contributed by atoms with Crippen LogP contribution in [-0.4, -0.2) is 27.8 Å². The summed E-state index contributed by atoms with van der Waals surface area (Å²) in [5.74, 6) is -3.18. The van der Waals surface area contributed by atoms with Gasteiger partial charge in [0.15, 0.2) is 11.6 Å². The molecule has 6 heteroatoms. The quantitative estimate of drug-likeness (QED) is 0.776. The van der Waals surface area contributed by atoms with E-state index in [0.29, 0.717) is 0 Å². The normalized spacial score (nSPS) is 14.9. The van der Waals surface area contributed by atoms with E-state index in [4.69, 9.17) is 5.11 Å². The van der Waals surface area contributed by atoms with Crippen LogP contribution in [0.25, 0.3) is 0 Å². The summed E-state index contributed by atoms with van der Waals surface area (Å²) in [6, 6.07) is 2.21. The van der Waals surface area contributed by atoms with Crippen molar-refractivity contribution in [1.29, 1.82) is 0 Å². The summed E-state index contributed by atoms with van der Waals surface area (Å²) in [5.41, 5.74) is -0.299. The van der Waals surface area contributed by atoms with Gasteiger partial charge < -0.3 is 15.5 Å². The van der Waals surface area contributed by atoms with E-state index in [9.17, 15) is 18.7 Å². The van der Waals surface area contributed by atoms with Gasteiger partial charge in [-0.25, -0.2) is 8.78 Å². The summed E-state index contributed by atoms with van der Waals surface area (Å²) in [6.07, 6.45) is -1.59. The minimum atomic E-state index is -1.25. The van der Waals surface area contributed by atoms with E-state index in [1.165, 1.54) is 6.07 Å². The number of carboxylic acid groups (broad SMARTS) is 1. The molecule has 1 aromatic carbocycles. The first-order chi connectivity index (χ1) is 9.10. The second-order valence-electron chi connectivity index (χ2n) is 5.72. The Balaban J connectivity index is 2.99. The minimum absolute atomic E-state index is 0.131. The highest BCUT2D eigenvalue weighted by molar-refractivity contribution is 5.67. The lowest BCUT2D eigenvalue weighted by molar-refractivity contribution is -0.138. The number of aliphatic hydroxyl groups excluding tert-OH is 1. The van der Waals surface area contributed by atoms with E-state index < -0.39 is 35.3 Å². The highest BCUT2D eigenvalue weighted by Gasteiger charge is 2.27. The van der Waals surface area contributed by atoms with Crippen molar-refractivity contribution in [2.45, 2.75) is 44.9 Å². The summed E-state index contributed by atoms with van der Waals surface area (Å²) in [5, 5.41) is 22.1. The molecule has 4 nitrogen and oxygen atoms in total. The Morgan fingerprint density at radius 3 is 2.35 bits per heavy atom. The van der Waals surface area contributed by atoms with Crippen molar-refractivity contribution in [2.75, 3.05) is 0 Å². The molecular weight excluding hydrogens is 268 g/mol. The van der Waals surface area contributed by atoms with E-state index in [1.54, 1.807) is 0 Å². The second-order valence-corrected chi connectivity index (χ2v) is 5.72. The third kappa shape index (κ3) is 4.86. The summed E-state index contributed by atoms with van der Waals surface area (Å²) >= 11 is 0. The molecule has 0 aromatic heterocycles. The summed E-state index contributed by atoms with van der Waals surface area (Å²) in [4.78, 5) is 10.9. The van der Waals surface area contributed by atoms with Crippen LogP contribution in [0, 0.1) is 11.6 Å². The maximum absolute atomic E-state index is 13.2. The first-order valence-electron chi connectivity index (χ1n) is 6.22. The monoisotopic (exact) mass is 287 g/mol. The predicted molar refractivity (Wildman–Crippen MR) is 70.2 cm³/mol. The van der Waals surface area contributed by atoms with E-state index in [-0.39, 0.29) is 12.0 Å². The van der Waals surface area contributed by atoms with E-state index in [2.05, 4.69) is 5.32 Å². The van der Waals surface area contributed by atoms with Gasteiger partial charge in [0.05, 0.1) is 12.5 Å². The Hall–Kier alpha value is -1.53. The molecule has 0 fully saturated rings. The zero-order valence-electron chi connectivity index (χ0n) is 11.7. The second kappa shape index (κ2) is 6.28. The van der Waals surface area contributed by atoms with Crippen LogP contribution >= 0.6 is 0 Å². The first kappa shape index (κ1) is 16.5. The lowest BCUT2D eigenvalue weighted by atomic mass is 9.96. The SMILES string of the molecule is CC(C)(C)NC(CC(=O)O)C(O)c1ccc(F)c(F)c1. The van der Waals surface area contributed by atoms with Crippen molar-refractivity contribution in [3.8, 4) is 0 Å². The molecule has 0 aliphatic heterocycles. The number of hydrogen-bond donors (Lipinski definition) is 3. The molecule has 2 unspecified atom stereocenters. The number of aliphatic carboxylic acids is 1. The third-order valence-corrected chi connectivity index (χ3v) is 2.68. The van der Waals surface area contributed by atoms with E-state index >= 15 is 0 Å². The van der Waals surface area contributed by atoms with Crippen LogP contribution in [0.15, 0.2) is 18.2 Å². The van der Waals surface area contributed by atoms with Crippen LogP contribution < -0.4 is 5.32 Å². The average molecular weight is 287 g/mol. The highest BCUT2D eigenvalue weighted by Crippen LogP contribution is 2.22. The molecule has 0 saturated heterocycles. The number of aliphatic hydroxyl groups is 1. The maximum atomic E-state index is 13.2. The topological polar surface area (TPSA) is 69.6 Å². The van der Waals surface area contributed by atoms with Crippen molar-refractivity contribution < 1.29 is 23.8 Å². The van der Waals surface area contributed by atoms with Crippen LogP contribution in [0.2, 0.25) is 0 Å². The largest absolute Gasteiger partial charge is 0.481 e. The van der Waals surface area contributed by atoms with Gasteiger partial charge in [-0.2, -0.15) is 0 Å². The van der Waals surface area contributed by atoms with Crippen molar-refractivity contribution >= 4 is 5.97 Å². The molecule has 2 atom stereocenters. The van der Waals surface area contributed by atoms with Gasteiger partial charge in [-0.3, -0.25) is 4.79 Å². The van der Waals surface area contributed by atoms with Crippen molar-refractivity contribution in [2.24, 2.45) is 0 Å². The number of halogens is 2. The first-order valence-corrected chi connectivity index (χ1v) is 6.22. The number of benzene rings is 1. The van der Waals surface area contributed by atoms with Crippen LogP contribution in [0.5, 0.6) is 0 Å². The molecule has 0 heterocycles. The smallest absolute Gasteiger partial charge is 0.305 e. The standard InChI is InChI=1S/C14H19F2NO3/c1-14(2,3)17-11(7-12(18)19)13(20)8-4-5-9(15)10(16)6-8/h4-6,11,13,17,20H,7H2,1-3H3,(H,18,19). The summed E-state index contributed by atoms with van der Waals surface area (Å²) < 4.78 is 26.1. The zero-order chi connectivity index (χ0) is 15.5. The van der Waals surface area contributed by atoms with Gasteiger partial charge >= 0.3 is 5.97 Å². The number of carboxylic acids is 1. The van der Waals surface area contributed by atoms with Crippen molar-refractivity contribution in [1.82, 2.24) is 5.32 Å². The Bertz CT molecular complexity index is 486. The van der Waals surface area contributed by atoms with Gasteiger partial charge in [-0.15, -0.1) is 0 Å². The Morgan fingerprint density at radius 2 is 1.90 bits per heavy atom. The van der Waals surface area contributed by atoms with Gasteiger partial charge in [0, 0.05) is 11.6 Å². The van der Waals surface area contributed by atoms with Crippen molar-refractivity contribution in [3.63, 3.8) is 0 Å². The maximum Gasteiger partial charge on any atom is 0.305 e. The van der Waals surface area contributed by atoms with Crippen LogP contribution in [0.1, 0.15) is 38.9 Å². The van der Waals surface area contributed by atoms with Gasteiger partial charge in [-0.1, -0.05) is 6.07 Å². The summed E-state index contributed by atoms with van der Waals surface area (Å²) in [7, 11) is 0. The Labute approximate surface area is 116 Å². The van der Waals surface area contributed by atoms with Crippen LogP contribution in [-0.2, 0) is 4.79 Å². The fourth-order valence-corrected chi connectivity index (χ4v) is 1.91. The molecular formula is C14H19F2NO3. The van der Waals surface area contributed by atoms with Gasteiger partial charge in [0.2, 0.25) is 0 Å². The van der Waals surface area contributed by atoms with E-state index in [1.807, 2.05) is 20.8 Å². The average Bonchev–Trinajstić information content (AvgIpc) is 2.28. The Morgan fingerprint density at radius 1 is 1.30 bits per heavy atom. The fraction of sp³-hybridized carbons (Fsp3) is 0.500. The lowest BCUT2D eigenvalue weighted by Crippen LogP contribution is -2.47. The molecule has 0 amide bonds. The zero-order valence-corrected chi connectivity index (χ0v) is 11.7.